The van der Waals surface area contributed by atoms with Crippen LogP contribution in [0.25, 0.3) is 10.9 Å². The first-order valence-corrected chi connectivity index (χ1v) is 8.18. The highest BCUT2D eigenvalue weighted by atomic mass is 16.5. The molecular formula is C20H22N2O2. The maximum atomic E-state index is 12.4. The molecule has 0 amide bonds. The highest BCUT2D eigenvalue weighted by molar-refractivity contribution is 6.02. The van der Waals surface area contributed by atoms with Gasteiger partial charge in [0.15, 0.2) is 5.69 Å². The minimum atomic E-state index is -0.370. The molecular weight excluding hydrogens is 300 g/mol. The number of carbonyl (C=O) groups excluding carboxylic acids is 1. The highest BCUT2D eigenvalue weighted by Crippen LogP contribution is 2.24. The maximum absolute atomic E-state index is 12.4. The number of aryl methyl sites for hydroxylation is 2. The number of hydrogen-bond acceptors (Lipinski definition) is 3. The van der Waals surface area contributed by atoms with E-state index in [0.29, 0.717) is 12.2 Å². The van der Waals surface area contributed by atoms with E-state index in [0.717, 1.165) is 22.0 Å². The summed E-state index contributed by atoms with van der Waals surface area (Å²) in [6.07, 6.45) is -0.168. The van der Waals surface area contributed by atoms with E-state index < -0.39 is 0 Å². The van der Waals surface area contributed by atoms with Crippen LogP contribution in [0.4, 0.5) is 0 Å². The summed E-state index contributed by atoms with van der Waals surface area (Å²) in [6.45, 7) is 8.42. The number of benzene rings is 2. The lowest BCUT2D eigenvalue weighted by molar-refractivity contribution is 0.0372. The van der Waals surface area contributed by atoms with E-state index in [2.05, 4.69) is 30.2 Å². The predicted octanol–water partition coefficient (Wildman–Crippen LogP) is 4.27. The van der Waals surface area contributed by atoms with Crippen molar-refractivity contribution in [2.75, 3.05) is 0 Å². The quantitative estimate of drug-likeness (QED) is 0.674. The standard InChI is InChI=1S/C20H22N2O2/c1-13(2)24-20(23)19-17-10-14(3)15(4)11-18(17)22(21-19)12-16-8-6-5-7-9-16/h5-11,13H,12H2,1-4H3. The van der Waals surface area contributed by atoms with Crippen molar-refractivity contribution >= 4 is 16.9 Å². The molecule has 0 saturated carbocycles. The van der Waals surface area contributed by atoms with E-state index in [-0.39, 0.29) is 12.1 Å². The molecule has 0 unspecified atom stereocenters. The summed E-state index contributed by atoms with van der Waals surface area (Å²) >= 11 is 0. The monoisotopic (exact) mass is 322 g/mol. The molecule has 0 atom stereocenters. The average Bonchev–Trinajstić information content (AvgIpc) is 2.86. The van der Waals surface area contributed by atoms with Crippen LogP contribution in [0.15, 0.2) is 42.5 Å². The van der Waals surface area contributed by atoms with Crippen LogP contribution in [0.2, 0.25) is 0 Å². The summed E-state index contributed by atoms with van der Waals surface area (Å²) in [5.41, 5.74) is 4.81. The topological polar surface area (TPSA) is 44.1 Å². The summed E-state index contributed by atoms with van der Waals surface area (Å²) in [4.78, 5) is 12.4. The van der Waals surface area contributed by atoms with Gasteiger partial charge in [-0.15, -0.1) is 0 Å². The number of rotatable bonds is 4. The van der Waals surface area contributed by atoms with E-state index in [1.807, 2.05) is 49.7 Å². The van der Waals surface area contributed by atoms with Crippen molar-refractivity contribution in [1.82, 2.24) is 9.78 Å². The molecule has 0 aliphatic rings. The molecule has 0 aliphatic heterocycles. The first kappa shape index (κ1) is 16.2. The largest absolute Gasteiger partial charge is 0.458 e. The second-order valence-electron chi connectivity index (χ2n) is 6.40. The molecule has 0 N–H and O–H groups in total. The summed E-state index contributed by atoms with van der Waals surface area (Å²) < 4.78 is 7.25. The van der Waals surface area contributed by atoms with Crippen molar-refractivity contribution in [3.8, 4) is 0 Å². The SMILES string of the molecule is Cc1cc2c(C(=O)OC(C)C)nn(Cc3ccccc3)c2cc1C. The number of ether oxygens (including phenoxy) is 1. The van der Waals surface area contributed by atoms with Gasteiger partial charge >= 0.3 is 5.97 Å². The second-order valence-corrected chi connectivity index (χ2v) is 6.40. The van der Waals surface area contributed by atoms with Gasteiger partial charge in [0.2, 0.25) is 0 Å². The summed E-state index contributed by atoms with van der Waals surface area (Å²) in [6, 6.07) is 14.2. The van der Waals surface area contributed by atoms with Gasteiger partial charge in [0, 0.05) is 5.39 Å². The minimum absolute atomic E-state index is 0.168. The number of aromatic nitrogens is 2. The number of esters is 1. The van der Waals surface area contributed by atoms with Gasteiger partial charge in [-0.1, -0.05) is 30.3 Å². The van der Waals surface area contributed by atoms with Crippen LogP contribution in [-0.4, -0.2) is 21.9 Å². The van der Waals surface area contributed by atoms with Crippen LogP contribution in [0.5, 0.6) is 0 Å². The van der Waals surface area contributed by atoms with E-state index in [1.165, 1.54) is 5.56 Å². The zero-order valence-electron chi connectivity index (χ0n) is 14.5. The fourth-order valence-electron chi connectivity index (χ4n) is 2.73. The van der Waals surface area contributed by atoms with Gasteiger partial charge in [-0.2, -0.15) is 5.10 Å². The van der Waals surface area contributed by atoms with Crippen molar-refractivity contribution in [3.63, 3.8) is 0 Å². The molecule has 0 fully saturated rings. The van der Waals surface area contributed by atoms with Gasteiger partial charge in [-0.3, -0.25) is 4.68 Å². The van der Waals surface area contributed by atoms with Crippen molar-refractivity contribution in [2.24, 2.45) is 0 Å². The number of fused-ring (bicyclic) bond motifs is 1. The molecule has 4 nitrogen and oxygen atoms in total. The molecule has 2 aromatic carbocycles. The lowest BCUT2D eigenvalue weighted by atomic mass is 10.1. The Kier molecular flexibility index (Phi) is 4.38. The van der Waals surface area contributed by atoms with Crippen LogP contribution in [0, 0.1) is 13.8 Å². The molecule has 0 radical (unpaired) electrons. The molecule has 0 spiro atoms. The van der Waals surface area contributed by atoms with E-state index in [9.17, 15) is 4.79 Å². The Bertz CT molecular complexity index is 880. The van der Waals surface area contributed by atoms with Crippen LogP contribution < -0.4 is 0 Å². The molecule has 0 saturated heterocycles. The number of carbonyl (C=O) groups is 1. The second kappa shape index (κ2) is 6.48. The Hall–Kier alpha value is -2.62. The fourth-order valence-corrected chi connectivity index (χ4v) is 2.73. The third-order valence-electron chi connectivity index (χ3n) is 4.08. The molecule has 24 heavy (non-hydrogen) atoms. The smallest absolute Gasteiger partial charge is 0.359 e. The molecule has 0 aliphatic carbocycles. The van der Waals surface area contributed by atoms with Crippen LogP contribution in [0.1, 0.15) is 41.0 Å². The number of hydrogen-bond donors (Lipinski definition) is 0. The first-order valence-electron chi connectivity index (χ1n) is 8.18. The van der Waals surface area contributed by atoms with Gasteiger partial charge in [-0.25, -0.2) is 4.79 Å². The molecule has 3 aromatic rings. The summed E-state index contributed by atoms with van der Waals surface area (Å²) in [5, 5.41) is 5.41. The van der Waals surface area contributed by atoms with Gasteiger partial charge in [0.1, 0.15) is 0 Å². The Morgan fingerprint density at radius 3 is 2.46 bits per heavy atom. The summed E-state index contributed by atoms with van der Waals surface area (Å²) in [7, 11) is 0. The predicted molar refractivity (Wildman–Crippen MR) is 95.3 cm³/mol. The molecule has 124 valence electrons. The highest BCUT2D eigenvalue weighted by Gasteiger charge is 2.20. The van der Waals surface area contributed by atoms with E-state index >= 15 is 0 Å². The average molecular weight is 322 g/mol. The van der Waals surface area contributed by atoms with Crippen molar-refractivity contribution in [1.29, 1.82) is 0 Å². The first-order chi connectivity index (χ1) is 11.5. The van der Waals surface area contributed by atoms with Gasteiger partial charge in [0.25, 0.3) is 0 Å². The van der Waals surface area contributed by atoms with Crippen molar-refractivity contribution in [3.05, 3.63) is 64.8 Å². The Balaban J connectivity index is 2.11. The Morgan fingerprint density at radius 2 is 1.79 bits per heavy atom. The zero-order valence-corrected chi connectivity index (χ0v) is 14.5. The normalized spacial score (nSPS) is 11.2. The third-order valence-corrected chi connectivity index (χ3v) is 4.08. The number of nitrogens with zero attached hydrogens (tertiary/aromatic N) is 2. The van der Waals surface area contributed by atoms with E-state index in [4.69, 9.17) is 4.74 Å². The Morgan fingerprint density at radius 1 is 1.12 bits per heavy atom. The van der Waals surface area contributed by atoms with Crippen molar-refractivity contribution in [2.45, 2.75) is 40.3 Å². The fraction of sp³-hybridized carbons (Fsp3) is 0.300. The van der Waals surface area contributed by atoms with Gasteiger partial charge in [0.05, 0.1) is 18.2 Å². The summed E-state index contributed by atoms with van der Waals surface area (Å²) in [5.74, 6) is -0.370. The maximum Gasteiger partial charge on any atom is 0.359 e. The lowest BCUT2D eigenvalue weighted by Gasteiger charge is -2.06. The lowest BCUT2D eigenvalue weighted by Crippen LogP contribution is -2.13. The molecule has 1 aromatic heterocycles. The van der Waals surface area contributed by atoms with Crippen LogP contribution in [-0.2, 0) is 11.3 Å². The van der Waals surface area contributed by atoms with Crippen molar-refractivity contribution < 1.29 is 9.53 Å². The molecule has 1 heterocycles. The van der Waals surface area contributed by atoms with E-state index in [1.54, 1.807) is 0 Å². The molecule has 3 rings (SSSR count). The third kappa shape index (κ3) is 3.18. The van der Waals surface area contributed by atoms with Crippen LogP contribution in [0.3, 0.4) is 0 Å². The van der Waals surface area contributed by atoms with Gasteiger partial charge < -0.3 is 4.74 Å². The van der Waals surface area contributed by atoms with Crippen LogP contribution >= 0.6 is 0 Å². The Labute approximate surface area is 142 Å². The minimum Gasteiger partial charge on any atom is -0.458 e. The van der Waals surface area contributed by atoms with Gasteiger partial charge in [-0.05, 0) is 56.5 Å². The zero-order chi connectivity index (χ0) is 17.3. The molecule has 4 heteroatoms. The molecule has 0 bridgehead atoms.